The van der Waals surface area contributed by atoms with E-state index in [2.05, 4.69) is 14.9 Å². The Labute approximate surface area is 83.4 Å². The summed E-state index contributed by atoms with van der Waals surface area (Å²) in [7, 11) is 0. The van der Waals surface area contributed by atoms with Crippen molar-refractivity contribution in [2.24, 2.45) is 0 Å². The Kier molecular flexibility index (Phi) is 2.09. The summed E-state index contributed by atoms with van der Waals surface area (Å²) in [6.07, 6.45) is 0. The first-order valence-electron chi connectivity index (χ1n) is 3.72. The highest BCUT2D eigenvalue weighted by molar-refractivity contribution is 6.33. The zero-order valence-electron chi connectivity index (χ0n) is 6.87. The zero-order chi connectivity index (χ0) is 10.1. The molecule has 0 saturated carbocycles. The van der Waals surface area contributed by atoms with Gasteiger partial charge < -0.3 is 5.73 Å². The van der Waals surface area contributed by atoms with Crippen molar-refractivity contribution >= 4 is 17.4 Å². The summed E-state index contributed by atoms with van der Waals surface area (Å²) in [5, 5.41) is 7.03. The summed E-state index contributed by atoms with van der Waals surface area (Å²) in [4.78, 5) is 0. The SMILES string of the molecule is Nc1nonc1-c1c(F)cccc1Cl. The quantitative estimate of drug-likeness (QED) is 0.788. The first kappa shape index (κ1) is 8.96. The standard InChI is InChI=1S/C8H5ClFN3O/c9-4-2-1-3-5(10)6(4)7-8(11)13-14-12-7/h1-3H,(H2,11,13). The minimum Gasteiger partial charge on any atom is -0.379 e. The van der Waals surface area contributed by atoms with Gasteiger partial charge in [0.05, 0.1) is 10.6 Å². The number of hydrogen-bond acceptors (Lipinski definition) is 4. The summed E-state index contributed by atoms with van der Waals surface area (Å²) in [6.45, 7) is 0. The lowest BCUT2D eigenvalue weighted by Crippen LogP contribution is -1.92. The summed E-state index contributed by atoms with van der Waals surface area (Å²) in [6, 6.07) is 4.29. The second kappa shape index (κ2) is 3.26. The largest absolute Gasteiger partial charge is 0.379 e. The summed E-state index contributed by atoms with van der Waals surface area (Å²) in [5.74, 6) is -0.503. The highest BCUT2D eigenvalue weighted by Gasteiger charge is 2.16. The lowest BCUT2D eigenvalue weighted by atomic mass is 10.1. The van der Waals surface area contributed by atoms with Gasteiger partial charge in [0.1, 0.15) is 5.82 Å². The van der Waals surface area contributed by atoms with Crippen molar-refractivity contribution < 1.29 is 9.02 Å². The molecule has 0 saturated heterocycles. The normalized spacial score (nSPS) is 10.4. The molecule has 1 aromatic carbocycles. The lowest BCUT2D eigenvalue weighted by Gasteiger charge is -2.00. The molecular weight excluding hydrogens is 209 g/mol. The van der Waals surface area contributed by atoms with Crippen LogP contribution in [0.3, 0.4) is 0 Å². The van der Waals surface area contributed by atoms with Crippen LogP contribution in [0.25, 0.3) is 11.3 Å². The molecule has 2 N–H and O–H groups in total. The van der Waals surface area contributed by atoms with Crippen LogP contribution in [0, 0.1) is 5.82 Å². The Hall–Kier alpha value is -1.62. The Morgan fingerprint density at radius 3 is 2.71 bits per heavy atom. The topological polar surface area (TPSA) is 64.9 Å². The van der Waals surface area contributed by atoms with Gasteiger partial charge in [0, 0.05) is 0 Å². The number of rotatable bonds is 1. The van der Waals surface area contributed by atoms with Gasteiger partial charge in [0.25, 0.3) is 0 Å². The van der Waals surface area contributed by atoms with E-state index >= 15 is 0 Å². The maximum Gasteiger partial charge on any atom is 0.196 e. The van der Waals surface area contributed by atoms with E-state index in [1.54, 1.807) is 0 Å². The van der Waals surface area contributed by atoms with Gasteiger partial charge in [-0.3, -0.25) is 0 Å². The van der Waals surface area contributed by atoms with E-state index in [-0.39, 0.29) is 22.1 Å². The maximum absolute atomic E-state index is 13.3. The molecule has 1 heterocycles. The Morgan fingerprint density at radius 1 is 1.36 bits per heavy atom. The van der Waals surface area contributed by atoms with Crippen LogP contribution >= 0.6 is 11.6 Å². The van der Waals surface area contributed by atoms with Gasteiger partial charge in [-0.05, 0) is 22.4 Å². The van der Waals surface area contributed by atoms with Crippen LogP contribution in [0.1, 0.15) is 0 Å². The molecule has 14 heavy (non-hydrogen) atoms. The second-order valence-corrected chi connectivity index (χ2v) is 3.00. The molecule has 72 valence electrons. The van der Waals surface area contributed by atoms with Gasteiger partial charge in [-0.15, -0.1) is 0 Å². The molecule has 6 heteroatoms. The van der Waals surface area contributed by atoms with Crippen molar-refractivity contribution in [3.63, 3.8) is 0 Å². The summed E-state index contributed by atoms with van der Waals surface area (Å²) < 4.78 is 17.7. The molecule has 0 radical (unpaired) electrons. The van der Waals surface area contributed by atoms with E-state index in [1.807, 2.05) is 0 Å². The molecule has 0 aliphatic heterocycles. The minimum atomic E-state index is -0.514. The van der Waals surface area contributed by atoms with E-state index in [1.165, 1.54) is 18.2 Å². The summed E-state index contributed by atoms with van der Waals surface area (Å²) >= 11 is 5.79. The smallest absolute Gasteiger partial charge is 0.196 e. The van der Waals surface area contributed by atoms with Crippen molar-refractivity contribution in [3.8, 4) is 11.3 Å². The molecule has 4 nitrogen and oxygen atoms in total. The highest BCUT2D eigenvalue weighted by atomic mass is 35.5. The third-order valence-corrected chi connectivity index (χ3v) is 2.03. The molecule has 0 spiro atoms. The molecule has 0 bridgehead atoms. The van der Waals surface area contributed by atoms with Crippen LogP contribution in [0.2, 0.25) is 5.02 Å². The molecule has 0 aliphatic carbocycles. The molecule has 0 fully saturated rings. The molecule has 0 atom stereocenters. The number of anilines is 1. The fourth-order valence-electron chi connectivity index (χ4n) is 1.09. The number of nitrogens with zero attached hydrogens (tertiary/aromatic N) is 2. The van der Waals surface area contributed by atoms with Crippen molar-refractivity contribution in [2.75, 3.05) is 5.73 Å². The van der Waals surface area contributed by atoms with E-state index in [0.29, 0.717) is 0 Å². The van der Waals surface area contributed by atoms with Crippen LogP contribution in [-0.4, -0.2) is 10.3 Å². The first-order valence-corrected chi connectivity index (χ1v) is 4.10. The Bertz CT molecular complexity index is 451. The second-order valence-electron chi connectivity index (χ2n) is 2.59. The average molecular weight is 214 g/mol. The molecule has 2 aromatic rings. The van der Waals surface area contributed by atoms with Gasteiger partial charge in [-0.2, -0.15) is 0 Å². The summed E-state index contributed by atoms with van der Waals surface area (Å²) in [5.41, 5.74) is 5.64. The van der Waals surface area contributed by atoms with E-state index in [0.717, 1.165) is 0 Å². The van der Waals surface area contributed by atoms with Crippen molar-refractivity contribution in [1.29, 1.82) is 0 Å². The minimum absolute atomic E-state index is 0.0111. The third kappa shape index (κ3) is 1.31. The predicted octanol–water partition coefficient (Wildman–Crippen LogP) is 2.11. The molecular formula is C8H5ClFN3O. The van der Waals surface area contributed by atoms with E-state index in [4.69, 9.17) is 17.3 Å². The third-order valence-electron chi connectivity index (χ3n) is 1.71. The fraction of sp³-hybridized carbons (Fsp3) is 0. The number of nitrogens with two attached hydrogens (primary N) is 1. The van der Waals surface area contributed by atoms with Gasteiger partial charge >= 0.3 is 0 Å². The average Bonchev–Trinajstić information content (AvgIpc) is 2.52. The molecule has 0 amide bonds. The van der Waals surface area contributed by atoms with Gasteiger partial charge in [-0.25, -0.2) is 9.02 Å². The Morgan fingerprint density at radius 2 is 2.14 bits per heavy atom. The number of benzene rings is 1. The van der Waals surface area contributed by atoms with Crippen molar-refractivity contribution in [1.82, 2.24) is 10.3 Å². The van der Waals surface area contributed by atoms with Crippen LogP contribution in [0.4, 0.5) is 10.2 Å². The first-order chi connectivity index (χ1) is 6.70. The van der Waals surface area contributed by atoms with Crippen LogP contribution < -0.4 is 5.73 Å². The lowest BCUT2D eigenvalue weighted by molar-refractivity contribution is 0.310. The number of hydrogen-bond donors (Lipinski definition) is 1. The number of halogens is 2. The molecule has 2 rings (SSSR count). The van der Waals surface area contributed by atoms with Crippen molar-refractivity contribution in [2.45, 2.75) is 0 Å². The monoisotopic (exact) mass is 213 g/mol. The van der Waals surface area contributed by atoms with E-state index < -0.39 is 5.82 Å². The van der Waals surface area contributed by atoms with Crippen LogP contribution in [-0.2, 0) is 0 Å². The van der Waals surface area contributed by atoms with Crippen molar-refractivity contribution in [3.05, 3.63) is 29.0 Å². The number of nitrogen functional groups attached to an aromatic ring is 1. The number of aromatic nitrogens is 2. The van der Waals surface area contributed by atoms with Gasteiger partial charge in [0.2, 0.25) is 0 Å². The van der Waals surface area contributed by atoms with Crippen LogP contribution in [0.5, 0.6) is 0 Å². The van der Waals surface area contributed by atoms with E-state index in [9.17, 15) is 4.39 Å². The highest BCUT2D eigenvalue weighted by Crippen LogP contribution is 2.31. The predicted molar refractivity (Wildman–Crippen MR) is 49.1 cm³/mol. The molecule has 0 unspecified atom stereocenters. The molecule has 1 aromatic heterocycles. The van der Waals surface area contributed by atoms with Crippen LogP contribution in [0.15, 0.2) is 22.8 Å². The van der Waals surface area contributed by atoms with Gasteiger partial charge in [0.15, 0.2) is 11.5 Å². The zero-order valence-corrected chi connectivity index (χ0v) is 7.62. The maximum atomic E-state index is 13.3. The Balaban J connectivity index is 2.68. The molecule has 0 aliphatic rings. The fourth-order valence-corrected chi connectivity index (χ4v) is 1.35. The van der Waals surface area contributed by atoms with Gasteiger partial charge in [-0.1, -0.05) is 17.7 Å².